The van der Waals surface area contributed by atoms with E-state index in [4.69, 9.17) is 6.42 Å². The van der Waals surface area contributed by atoms with Crippen LogP contribution in [0.5, 0.6) is 0 Å². The van der Waals surface area contributed by atoms with E-state index in [-0.39, 0.29) is 0 Å². The van der Waals surface area contributed by atoms with Gasteiger partial charge in [-0.05, 0) is 68.1 Å². The Morgan fingerprint density at radius 3 is 2.73 bits per heavy atom. The lowest BCUT2D eigenvalue weighted by atomic mass is 9.58. The number of hydrogen-bond donors (Lipinski definition) is 0. The van der Waals surface area contributed by atoms with E-state index in [1.807, 2.05) is 0 Å². The first-order valence-corrected chi connectivity index (χ1v) is 9.41. The van der Waals surface area contributed by atoms with Crippen LogP contribution in [0.25, 0.3) is 0 Å². The third-order valence-corrected chi connectivity index (χ3v) is 7.45. The Kier molecular flexibility index (Phi) is 3.67. The maximum Gasteiger partial charge on any atom is 0.137 e. The van der Waals surface area contributed by atoms with E-state index in [0.29, 0.717) is 11.7 Å². The predicted molar refractivity (Wildman–Crippen MR) is 89.0 cm³/mol. The van der Waals surface area contributed by atoms with Crippen LogP contribution in [0.2, 0.25) is 0 Å². The summed E-state index contributed by atoms with van der Waals surface area (Å²) in [6, 6.07) is 0. The largest absolute Gasteiger partial charge is 0.299 e. The van der Waals surface area contributed by atoms with Crippen molar-refractivity contribution in [2.24, 2.45) is 35.5 Å². The lowest BCUT2D eigenvalue weighted by molar-refractivity contribution is -0.119. The summed E-state index contributed by atoms with van der Waals surface area (Å²) in [6.07, 6.45) is 16.4. The fraction of sp³-hybridized carbons (Fsp3) is 0.762. The van der Waals surface area contributed by atoms with Crippen LogP contribution in [0.1, 0.15) is 64.7 Å². The molecule has 0 aromatic carbocycles. The second kappa shape index (κ2) is 5.55. The quantitative estimate of drug-likeness (QED) is 0.503. The standard InChI is InChI=1S/C21H28O/c1-3-13-12-21-18(16(13)4-2)9-10-19-17-8-6-15(22)11-14(17)5-7-20(19)21/h2,13,16,18-21H,3,5-12H2,1H3/t13?,16?,18-,19-,20-,21-/m1/s1. The zero-order valence-corrected chi connectivity index (χ0v) is 13.8. The summed E-state index contributed by atoms with van der Waals surface area (Å²) in [7, 11) is 0. The topological polar surface area (TPSA) is 17.1 Å². The van der Waals surface area contributed by atoms with E-state index >= 15 is 0 Å². The molecule has 0 aliphatic heterocycles. The predicted octanol–water partition coefficient (Wildman–Crippen LogP) is 4.77. The average molecular weight is 296 g/mol. The molecule has 2 unspecified atom stereocenters. The molecule has 0 heterocycles. The van der Waals surface area contributed by atoms with Gasteiger partial charge in [-0.1, -0.05) is 24.5 Å². The molecule has 22 heavy (non-hydrogen) atoms. The van der Waals surface area contributed by atoms with Crippen LogP contribution < -0.4 is 0 Å². The SMILES string of the molecule is C#CC1C(CC)C[C@H]2[C@@H]3CCC4=C(CCC(=O)C4)[C@H]3CC[C@H]12. The Hall–Kier alpha value is -1.03. The van der Waals surface area contributed by atoms with Crippen molar-refractivity contribution < 1.29 is 4.79 Å². The molecule has 0 bridgehead atoms. The van der Waals surface area contributed by atoms with E-state index < -0.39 is 0 Å². The molecule has 6 atom stereocenters. The van der Waals surface area contributed by atoms with E-state index in [9.17, 15) is 4.79 Å². The van der Waals surface area contributed by atoms with Gasteiger partial charge >= 0.3 is 0 Å². The highest BCUT2D eigenvalue weighted by Gasteiger charge is 2.51. The van der Waals surface area contributed by atoms with Crippen molar-refractivity contribution in [1.29, 1.82) is 0 Å². The lowest BCUT2D eigenvalue weighted by Gasteiger charge is -2.46. The molecule has 0 amide bonds. The van der Waals surface area contributed by atoms with Crippen LogP contribution >= 0.6 is 0 Å². The number of terminal acetylenes is 1. The first-order valence-electron chi connectivity index (χ1n) is 9.41. The molecular formula is C21H28O. The van der Waals surface area contributed by atoms with Crippen molar-refractivity contribution in [3.8, 4) is 12.3 Å². The van der Waals surface area contributed by atoms with E-state index in [2.05, 4.69) is 12.8 Å². The molecule has 2 saturated carbocycles. The van der Waals surface area contributed by atoms with Crippen LogP contribution in [0.3, 0.4) is 0 Å². The normalized spacial score (nSPS) is 44.1. The zero-order chi connectivity index (χ0) is 15.3. The maximum absolute atomic E-state index is 11.8. The molecule has 0 aromatic rings. The van der Waals surface area contributed by atoms with Crippen molar-refractivity contribution in [2.75, 3.05) is 0 Å². The van der Waals surface area contributed by atoms with Gasteiger partial charge in [-0.15, -0.1) is 12.3 Å². The molecule has 118 valence electrons. The number of carbonyl (C=O) groups excluding carboxylic acids is 1. The van der Waals surface area contributed by atoms with Gasteiger partial charge < -0.3 is 0 Å². The van der Waals surface area contributed by atoms with Gasteiger partial charge in [0.2, 0.25) is 0 Å². The number of carbonyl (C=O) groups is 1. The Balaban J connectivity index is 1.61. The monoisotopic (exact) mass is 296 g/mol. The van der Waals surface area contributed by atoms with E-state index in [1.165, 1.54) is 44.1 Å². The van der Waals surface area contributed by atoms with Crippen LogP contribution in [-0.2, 0) is 4.79 Å². The minimum absolute atomic E-state index is 0.477. The molecule has 0 radical (unpaired) electrons. The Bertz CT molecular complexity index is 549. The van der Waals surface area contributed by atoms with Gasteiger partial charge in [0.15, 0.2) is 0 Å². The van der Waals surface area contributed by atoms with E-state index in [1.54, 1.807) is 5.57 Å². The first kappa shape index (κ1) is 14.6. The van der Waals surface area contributed by atoms with Crippen molar-refractivity contribution in [1.82, 2.24) is 0 Å². The minimum atomic E-state index is 0.477. The molecule has 1 heteroatoms. The van der Waals surface area contributed by atoms with Crippen molar-refractivity contribution in [2.45, 2.75) is 64.7 Å². The van der Waals surface area contributed by atoms with Crippen molar-refractivity contribution in [3.63, 3.8) is 0 Å². The minimum Gasteiger partial charge on any atom is -0.299 e. The third kappa shape index (κ3) is 2.10. The Morgan fingerprint density at radius 1 is 1.09 bits per heavy atom. The fourth-order valence-corrected chi connectivity index (χ4v) is 6.51. The maximum atomic E-state index is 11.8. The first-order chi connectivity index (χ1) is 10.7. The number of fused-ring (bicyclic) bond motifs is 4. The van der Waals surface area contributed by atoms with Crippen molar-refractivity contribution >= 4 is 5.78 Å². The molecule has 4 aliphatic rings. The van der Waals surface area contributed by atoms with Crippen LogP contribution in [0, 0.1) is 47.9 Å². The second-order valence-corrected chi connectivity index (χ2v) is 8.15. The average Bonchev–Trinajstić information content (AvgIpc) is 2.91. The summed E-state index contributed by atoms with van der Waals surface area (Å²) in [4.78, 5) is 11.8. The van der Waals surface area contributed by atoms with E-state index in [0.717, 1.165) is 48.9 Å². The number of hydrogen-bond acceptors (Lipinski definition) is 1. The highest BCUT2D eigenvalue weighted by molar-refractivity contribution is 5.82. The molecule has 2 fully saturated rings. The molecule has 1 nitrogen and oxygen atoms in total. The number of rotatable bonds is 1. The highest BCUT2D eigenvalue weighted by atomic mass is 16.1. The van der Waals surface area contributed by atoms with Crippen LogP contribution in [0.15, 0.2) is 11.1 Å². The van der Waals surface area contributed by atoms with Gasteiger partial charge in [0.1, 0.15) is 5.78 Å². The van der Waals surface area contributed by atoms with Crippen LogP contribution in [0.4, 0.5) is 0 Å². The molecule has 0 N–H and O–H groups in total. The highest BCUT2D eigenvalue weighted by Crippen LogP contribution is 2.58. The lowest BCUT2D eigenvalue weighted by Crippen LogP contribution is -2.38. The summed E-state index contributed by atoms with van der Waals surface area (Å²) in [5.74, 6) is 8.29. The number of ketones is 1. The molecule has 0 saturated heterocycles. The van der Waals surface area contributed by atoms with Gasteiger partial charge in [0.25, 0.3) is 0 Å². The van der Waals surface area contributed by atoms with Gasteiger partial charge in [-0.3, -0.25) is 4.79 Å². The third-order valence-electron chi connectivity index (χ3n) is 7.45. The van der Waals surface area contributed by atoms with Gasteiger partial charge in [0.05, 0.1) is 0 Å². The van der Waals surface area contributed by atoms with Gasteiger partial charge in [-0.2, -0.15) is 0 Å². The van der Waals surface area contributed by atoms with Crippen LogP contribution in [-0.4, -0.2) is 5.78 Å². The van der Waals surface area contributed by atoms with Gasteiger partial charge in [-0.25, -0.2) is 0 Å². The zero-order valence-electron chi connectivity index (χ0n) is 13.8. The Labute approximate surface area is 134 Å². The fourth-order valence-electron chi connectivity index (χ4n) is 6.51. The summed E-state index contributed by atoms with van der Waals surface area (Å²) in [5, 5.41) is 0. The van der Waals surface area contributed by atoms with Crippen molar-refractivity contribution in [3.05, 3.63) is 11.1 Å². The molecule has 4 rings (SSSR count). The molecule has 4 aliphatic carbocycles. The van der Waals surface area contributed by atoms with Gasteiger partial charge in [0, 0.05) is 18.8 Å². The molecule has 0 spiro atoms. The Morgan fingerprint density at radius 2 is 1.95 bits per heavy atom. The summed E-state index contributed by atoms with van der Waals surface area (Å²) in [5.41, 5.74) is 3.25. The summed E-state index contributed by atoms with van der Waals surface area (Å²) >= 11 is 0. The second-order valence-electron chi connectivity index (χ2n) is 8.15. The molecule has 0 aromatic heterocycles. The summed E-state index contributed by atoms with van der Waals surface area (Å²) < 4.78 is 0. The molecular weight excluding hydrogens is 268 g/mol. The number of Topliss-reactive ketones (excluding diaryl/α,β-unsaturated/α-hetero) is 1. The summed E-state index contributed by atoms with van der Waals surface area (Å²) in [6.45, 7) is 2.32. The smallest absolute Gasteiger partial charge is 0.137 e. The number of allylic oxidation sites excluding steroid dienone is 2.